The van der Waals surface area contributed by atoms with Crippen LogP contribution in [0.1, 0.15) is 29.8 Å². The molecule has 0 unspecified atom stereocenters. The third-order valence-corrected chi connectivity index (χ3v) is 4.10. The van der Waals surface area contributed by atoms with Crippen LogP contribution < -0.4 is 0 Å². The molecular weight excluding hydrogens is 345 g/mol. The van der Waals surface area contributed by atoms with Crippen LogP contribution in [-0.2, 0) is 4.74 Å². The van der Waals surface area contributed by atoms with E-state index in [9.17, 15) is 14.0 Å². The van der Waals surface area contributed by atoms with Gasteiger partial charge in [-0.05, 0) is 44.2 Å². The standard InChI is InChI=1S/C19H15ClFNO3/c1-19(2)16(10-13-8-9-14(20)11-15(13)21)22(18(24)25-19)17(23)12-6-4-3-5-7-12/h3-11H,1-2H3/b16-10-. The van der Waals surface area contributed by atoms with E-state index in [4.69, 9.17) is 16.3 Å². The summed E-state index contributed by atoms with van der Waals surface area (Å²) in [6.45, 7) is 3.28. The summed E-state index contributed by atoms with van der Waals surface area (Å²) in [5.41, 5.74) is -0.281. The van der Waals surface area contributed by atoms with Crippen LogP contribution in [0.4, 0.5) is 9.18 Å². The van der Waals surface area contributed by atoms with Crippen LogP contribution in [0.2, 0.25) is 5.02 Å². The van der Waals surface area contributed by atoms with Gasteiger partial charge in [-0.3, -0.25) is 4.79 Å². The molecule has 6 heteroatoms. The molecule has 0 spiro atoms. The lowest BCUT2D eigenvalue weighted by molar-refractivity contribution is 0.0792. The Morgan fingerprint density at radius 2 is 1.88 bits per heavy atom. The van der Waals surface area contributed by atoms with Crippen molar-refractivity contribution in [1.82, 2.24) is 4.90 Å². The molecule has 128 valence electrons. The van der Waals surface area contributed by atoms with E-state index < -0.39 is 23.4 Å². The van der Waals surface area contributed by atoms with Gasteiger partial charge in [-0.15, -0.1) is 0 Å². The number of nitrogens with zero attached hydrogens (tertiary/aromatic N) is 1. The number of carbonyl (C=O) groups is 2. The third-order valence-electron chi connectivity index (χ3n) is 3.86. The van der Waals surface area contributed by atoms with Gasteiger partial charge in [0.1, 0.15) is 11.4 Å². The van der Waals surface area contributed by atoms with Gasteiger partial charge in [-0.1, -0.05) is 35.9 Å². The highest BCUT2D eigenvalue weighted by molar-refractivity contribution is 6.30. The molecule has 2 aromatic rings. The smallest absolute Gasteiger partial charge is 0.422 e. The van der Waals surface area contributed by atoms with E-state index >= 15 is 0 Å². The average molecular weight is 360 g/mol. The lowest BCUT2D eigenvalue weighted by Gasteiger charge is -2.20. The lowest BCUT2D eigenvalue weighted by Crippen LogP contribution is -2.32. The van der Waals surface area contributed by atoms with E-state index in [1.165, 1.54) is 24.3 Å². The minimum atomic E-state index is -1.08. The van der Waals surface area contributed by atoms with E-state index in [1.807, 2.05) is 0 Å². The highest BCUT2D eigenvalue weighted by Gasteiger charge is 2.46. The molecule has 25 heavy (non-hydrogen) atoms. The van der Waals surface area contributed by atoms with Gasteiger partial charge in [-0.25, -0.2) is 14.1 Å². The Labute approximate surface area is 149 Å². The molecule has 0 aliphatic carbocycles. The topological polar surface area (TPSA) is 46.6 Å². The number of hydrogen-bond donors (Lipinski definition) is 0. The quantitative estimate of drug-likeness (QED) is 0.766. The second-order valence-electron chi connectivity index (χ2n) is 6.08. The fraction of sp³-hybridized carbons (Fsp3) is 0.158. The van der Waals surface area contributed by atoms with E-state index in [0.717, 1.165) is 4.90 Å². The monoisotopic (exact) mass is 359 g/mol. The first-order valence-corrected chi connectivity index (χ1v) is 7.97. The van der Waals surface area contributed by atoms with Gasteiger partial charge in [0, 0.05) is 16.1 Å². The maximum absolute atomic E-state index is 14.1. The largest absolute Gasteiger partial charge is 0.436 e. The van der Waals surface area contributed by atoms with Crippen molar-refractivity contribution in [1.29, 1.82) is 0 Å². The predicted molar refractivity (Wildman–Crippen MR) is 92.6 cm³/mol. The SMILES string of the molecule is CC1(C)OC(=O)N(C(=O)c2ccccc2)/C1=C\c1ccc(Cl)cc1F. The number of benzene rings is 2. The van der Waals surface area contributed by atoms with Crippen molar-refractivity contribution < 1.29 is 18.7 Å². The van der Waals surface area contributed by atoms with E-state index in [1.54, 1.807) is 44.2 Å². The molecule has 0 bridgehead atoms. The number of rotatable bonds is 2. The molecule has 1 heterocycles. The Kier molecular flexibility index (Phi) is 4.35. The van der Waals surface area contributed by atoms with E-state index in [2.05, 4.69) is 0 Å². The predicted octanol–water partition coefficient (Wildman–Crippen LogP) is 4.89. The number of hydrogen-bond acceptors (Lipinski definition) is 3. The highest BCUT2D eigenvalue weighted by Crippen LogP contribution is 2.36. The minimum Gasteiger partial charge on any atom is -0.436 e. The van der Waals surface area contributed by atoms with Crippen molar-refractivity contribution in [3.63, 3.8) is 0 Å². The second kappa shape index (κ2) is 6.33. The summed E-state index contributed by atoms with van der Waals surface area (Å²) in [5, 5.41) is 0.259. The molecule has 1 saturated heterocycles. The Bertz CT molecular complexity index is 877. The zero-order chi connectivity index (χ0) is 18.2. The molecular formula is C19H15ClFNO3. The second-order valence-corrected chi connectivity index (χ2v) is 6.52. The van der Waals surface area contributed by atoms with Crippen LogP contribution in [0, 0.1) is 5.82 Å². The van der Waals surface area contributed by atoms with Crippen LogP contribution >= 0.6 is 11.6 Å². The summed E-state index contributed by atoms with van der Waals surface area (Å²) in [5.74, 6) is -1.08. The summed E-state index contributed by atoms with van der Waals surface area (Å²) in [7, 11) is 0. The third kappa shape index (κ3) is 3.28. The molecule has 1 aliphatic rings. The van der Waals surface area contributed by atoms with Gasteiger partial charge in [0.05, 0.1) is 5.70 Å². The molecule has 1 fully saturated rings. The molecule has 0 saturated carbocycles. The number of ether oxygens (including phenoxy) is 1. The summed E-state index contributed by atoms with van der Waals surface area (Å²) < 4.78 is 19.4. The molecule has 1 aliphatic heterocycles. The van der Waals surface area contributed by atoms with Crippen LogP contribution in [0.15, 0.2) is 54.2 Å². The normalized spacial score (nSPS) is 17.7. The molecule has 0 radical (unpaired) electrons. The molecule has 4 nitrogen and oxygen atoms in total. The number of amides is 2. The first-order chi connectivity index (χ1) is 11.8. The maximum Gasteiger partial charge on any atom is 0.422 e. The Hall–Kier alpha value is -2.66. The molecule has 2 amide bonds. The van der Waals surface area contributed by atoms with Gasteiger partial charge in [0.2, 0.25) is 0 Å². The van der Waals surface area contributed by atoms with Crippen LogP contribution in [0.5, 0.6) is 0 Å². The fourth-order valence-electron chi connectivity index (χ4n) is 2.59. The van der Waals surface area contributed by atoms with Gasteiger partial charge < -0.3 is 4.74 Å². The summed E-state index contributed by atoms with van der Waals surface area (Å²) in [6, 6.07) is 12.5. The van der Waals surface area contributed by atoms with Crippen molar-refractivity contribution >= 4 is 29.7 Å². The summed E-state index contributed by atoms with van der Waals surface area (Å²) in [4.78, 5) is 26.0. The van der Waals surface area contributed by atoms with Crippen LogP contribution in [0.25, 0.3) is 6.08 Å². The maximum atomic E-state index is 14.1. The van der Waals surface area contributed by atoms with E-state index in [0.29, 0.717) is 5.56 Å². The van der Waals surface area contributed by atoms with Crippen molar-refractivity contribution in [3.05, 3.63) is 76.2 Å². The fourth-order valence-corrected chi connectivity index (χ4v) is 2.75. The van der Waals surface area contributed by atoms with Gasteiger partial charge in [0.15, 0.2) is 0 Å². The minimum absolute atomic E-state index is 0.205. The molecule has 0 N–H and O–H groups in total. The number of carbonyl (C=O) groups excluding carboxylic acids is 2. The lowest BCUT2D eigenvalue weighted by atomic mass is 10.0. The highest BCUT2D eigenvalue weighted by atomic mass is 35.5. The number of halogens is 2. The molecule has 0 atom stereocenters. The van der Waals surface area contributed by atoms with Gasteiger partial charge in [0.25, 0.3) is 5.91 Å². The van der Waals surface area contributed by atoms with E-state index in [-0.39, 0.29) is 16.3 Å². The Morgan fingerprint density at radius 1 is 1.20 bits per heavy atom. The Morgan fingerprint density at radius 3 is 2.52 bits per heavy atom. The van der Waals surface area contributed by atoms with Crippen molar-refractivity contribution in [3.8, 4) is 0 Å². The number of imide groups is 1. The first kappa shape index (κ1) is 17.2. The Balaban J connectivity index is 2.08. The zero-order valence-corrected chi connectivity index (χ0v) is 14.4. The van der Waals surface area contributed by atoms with Gasteiger partial charge >= 0.3 is 6.09 Å². The summed E-state index contributed by atoms with van der Waals surface area (Å²) >= 11 is 5.77. The average Bonchev–Trinajstić information content (AvgIpc) is 2.78. The van der Waals surface area contributed by atoms with Crippen molar-refractivity contribution in [2.75, 3.05) is 0 Å². The number of cyclic esters (lactones) is 1. The van der Waals surface area contributed by atoms with Crippen molar-refractivity contribution in [2.24, 2.45) is 0 Å². The summed E-state index contributed by atoms with van der Waals surface area (Å²) in [6.07, 6.45) is 0.636. The molecule has 3 rings (SSSR count). The van der Waals surface area contributed by atoms with Crippen LogP contribution in [-0.4, -0.2) is 22.5 Å². The zero-order valence-electron chi connectivity index (χ0n) is 13.6. The van der Waals surface area contributed by atoms with Crippen LogP contribution in [0.3, 0.4) is 0 Å². The molecule has 2 aromatic carbocycles. The van der Waals surface area contributed by atoms with Gasteiger partial charge in [-0.2, -0.15) is 0 Å². The first-order valence-electron chi connectivity index (χ1n) is 7.59. The van der Waals surface area contributed by atoms with Crippen molar-refractivity contribution in [2.45, 2.75) is 19.4 Å². The molecule has 0 aromatic heterocycles.